The van der Waals surface area contributed by atoms with E-state index in [4.69, 9.17) is 28.9 Å². The van der Waals surface area contributed by atoms with Gasteiger partial charge in [-0.3, -0.25) is 4.79 Å². The highest BCUT2D eigenvalue weighted by atomic mass is 35.5. The molecule has 0 saturated heterocycles. The first-order valence-electron chi connectivity index (χ1n) is 8.34. The Balaban J connectivity index is 1.48. The van der Waals surface area contributed by atoms with Gasteiger partial charge in [-0.05, 0) is 30.3 Å². The Kier molecular flexibility index (Phi) is 5.64. The lowest BCUT2D eigenvalue weighted by Gasteiger charge is -2.06. The summed E-state index contributed by atoms with van der Waals surface area (Å²) in [4.78, 5) is 18.2. The van der Waals surface area contributed by atoms with E-state index in [1.165, 1.54) is 23.1 Å². The first-order valence-corrected chi connectivity index (χ1v) is 10.9. The Morgan fingerprint density at radius 1 is 1.28 bits per heavy atom. The van der Waals surface area contributed by atoms with Crippen LogP contribution in [0.15, 0.2) is 41.7 Å². The summed E-state index contributed by atoms with van der Waals surface area (Å²) in [5, 5.41) is 13.5. The van der Waals surface area contributed by atoms with Gasteiger partial charge in [0.1, 0.15) is 4.83 Å². The molecule has 1 aromatic carbocycles. The highest BCUT2D eigenvalue weighted by molar-refractivity contribution is 7.99. The third-order valence-corrected chi connectivity index (χ3v) is 6.96. The molecular formula is C18H14Cl2N6OS2. The molecule has 0 spiro atoms. The van der Waals surface area contributed by atoms with Gasteiger partial charge in [0.2, 0.25) is 5.91 Å². The van der Waals surface area contributed by atoms with Crippen molar-refractivity contribution in [3.05, 3.63) is 46.6 Å². The molecule has 0 fully saturated rings. The number of rotatable bonds is 5. The smallest absolute Gasteiger partial charge is 0.234 e. The Labute approximate surface area is 184 Å². The molecule has 0 saturated carbocycles. The second kappa shape index (κ2) is 8.19. The largest absolute Gasteiger partial charge is 0.397 e. The fourth-order valence-electron chi connectivity index (χ4n) is 2.66. The minimum Gasteiger partial charge on any atom is -0.397 e. The van der Waals surface area contributed by atoms with E-state index in [1.54, 1.807) is 24.4 Å². The number of aromatic nitrogens is 4. The highest BCUT2D eigenvalue weighted by Crippen LogP contribution is 2.39. The number of hydrogen-bond donors (Lipinski definition) is 2. The molecule has 0 unspecified atom stereocenters. The number of nitrogens with zero attached hydrogens (tertiary/aromatic N) is 4. The SMILES string of the molecule is Cn1c(SCC(=O)Nc2ccc(Cl)c(Cl)c2)nnc1-c1sc2ncccc2c1N. The van der Waals surface area contributed by atoms with E-state index < -0.39 is 0 Å². The predicted molar refractivity (Wildman–Crippen MR) is 120 cm³/mol. The van der Waals surface area contributed by atoms with Crippen molar-refractivity contribution < 1.29 is 4.79 Å². The Morgan fingerprint density at radius 2 is 2.10 bits per heavy atom. The minimum absolute atomic E-state index is 0.162. The van der Waals surface area contributed by atoms with Crippen molar-refractivity contribution in [2.24, 2.45) is 7.05 Å². The number of thioether (sulfide) groups is 1. The summed E-state index contributed by atoms with van der Waals surface area (Å²) in [6.07, 6.45) is 1.73. The fourth-order valence-corrected chi connectivity index (χ4v) is 4.75. The maximum atomic E-state index is 12.2. The average molecular weight is 465 g/mol. The summed E-state index contributed by atoms with van der Waals surface area (Å²) >= 11 is 14.6. The van der Waals surface area contributed by atoms with Gasteiger partial charge >= 0.3 is 0 Å². The molecule has 7 nitrogen and oxygen atoms in total. The van der Waals surface area contributed by atoms with Gasteiger partial charge in [-0.15, -0.1) is 21.5 Å². The third-order valence-electron chi connectivity index (χ3n) is 4.08. The molecule has 3 heterocycles. The highest BCUT2D eigenvalue weighted by Gasteiger charge is 2.19. The molecule has 0 aliphatic carbocycles. The summed E-state index contributed by atoms with van der Waals surface area (Å²) in [7, 11) is 1.84. The van der Waals surface area contributed by atoms with Crippen LogP contribution in [0.2, 0.25) is 10.0 Å². The zero-order valence-electron chi connectivity index (χ0n) is 15.0. The van der Waals surface area contributed by atoms with E-state index in [2.05, 4.69) is 20.5 Å². The maximum absolute atomic E-state index is 12.2. The Bertz CT molecular complexity index is 1220. The van der Waals surface area contributed by atoms with Crippen LogP contribution in [0.4, 0.5) is 11.4 Å². The van der Waals surface area contributed by atoms with Crippen molar-refractivity contribution in [3.8, 4) is 10.7 Å². The number of nitrogens with two attached hydrogens (primary N) is 1. The third kappa shape index (κ3) is 4.04. The van der Waals surface area contributed by atoms with Gasteiger partial charge in [-0.1, -0.05) is 35.0 Å². The number of amides is 1. The number of hydrogen-bond acceptors (Lipinski definition) is 7. The number of halogens is 2. The summed E-state index contributed by atoms with van der Waals surface area (Å²) in [5.41, 5.74) is 7.48. The molecule has 0 aliphatic heterocycles. The number of pyridine rings is 1. The van der Waals surface area contributed by atoms with Crippen molar-refractivity contribution in [1.82, 2.24) is 19.7 Å². The first kappa shape index (κ1) is 20.0. The van der Waals surface area contributed by atoms with E-state index in [-0.39, 0.29) is 11.7 Å². The number of thiophene rings is 1. The average Bonchev–Trinajstić information content (AvgIpc) is 3.23. The number of benzene rings is 1. The van der Waals surface area contributed by atoms with Gasteiger partial charge in [-0.2, -0.15) is 0 Å². The van der Waals surface area contributed by atoms with Crippen LogP contribution in [0.25, 0.3) is 20.9 Å². The zero-order valence-corrected chi connectivity index (χ0v) is 18.2. The number of carbonyl (C=O) groups excluding carboxylic acids is 1. The van der Waals surface area contributed by atoms with Crippen LogP contribution in [-0.2, 0) is 11.8 Å². The lowest BCUT2D eigenvalue weighted by atomic mass is 10.2. The van der Waals surface area contributed by atoms with Gasteiger partial charge in [-0.25, -0.2) is 4.98 Å². The summed E-state index contributed by atoms with van der Waals surface area (Å²) in [5.74, 6) is 0.608. The van der Waals surface area contributed by atoms with Crippen molar-refractivity contribution in [3.63, 3.8) is 0 Å². The topological polar surface area (TPSA) is 98.7 Å². The fraction of sp³-hybridized carbons (Fsp3) is 0.111. The monoisotopic (exact) mass is 464 g/mol. The second-order valence-corrected chi connectivity index (χ2v) is 8.79. The molecular weight excluding hydrogens is 451 g/mol. The molecule has 11 heteroatoms. The summed E-state index contributed by atoms with van der Waals surface area (Å²) in [6, 6.07) is 8.70. The molecule has 0 atom stereocenters. The quantitative estimate of drug-likeness (QED) is 0.414. The van der Waals surface area contributed by atoms with Crippen molar-refractivity contribution in [1.29, 1.82) is 0 Å². The minimum atomic E-state index is -0.191. The number of fused-ring (bicyclic) bond motifs is 1. The number of carbonyl (C=O) groups is 1. The van der Waals surface area contributed by atoms with E-state index in [1.807, 2.05) is 23.7 Å². The molecule has 148 valence electrons. The Morgan fingerprint density at radius 3 is 2.86 bits per heavy atom. The molecule has 0 bridgehead atoms. The number of nitrogen functional groups attached to an aromatic ring is 1. The van der Waals surface area contributed by atoms with Gasteiger partial charge in [0, 0.05) is 24.3 Å². The van der Waals surface area contributed by atoms with Crippen molar-refractivity contribution in [2.75, 3.05) is 16.8 Å². The van der Waals surface area contributed by atoms with Crippen LogP contribution < -0.4 is 11.1 Å². The van der Waals surface area contributed by atoms with Crippen LogP contribution in [0, 0.1) is 0 Å². The van der Waals surface area contributed by atoms with Gasteiger partial charge in [0.15, 0.2) is 11.0 Å². The van der Waals surface area contributed by atoms with Gasteiger partial charge in [0.05, 0.1) is 26.4 Å². The van der Waals surface area contributed by atoms with Crippen LogP contribution in [0.3, 0.4) is 0 Å². The molecule has 1 amide bonds. The van der Waals surface area contributed by atoms with Crippen LogP contribution >= 0.6 is 46.3 Å². The second-order valence-electron chi connectivity index (χ2n) is 6.03. The van der Waals surface area contributed by atoms with E-state index >= 15 is 0 Å². The van der Waals surface area contributed by atoms with Crippen molar-refractivity contribution >= 4 is 73.8 Å². The van der Waals surface area contributed by atoms with Crippen LogP contribution in [0.5, 0.6) is 0 Å². The molecule has 4 rings (SSSR count). The van der Waals surface area contributed by atoms with Gasteiger partial charge < -0.3 is 15.6 Å². The van der Waals surface area contributed by atoms with Crippen LogP contribution in [-0.4, -0.2) is 31.4 Å². The standard InChI is InChI=1S/C18H14Cl2N6OS2/c1-26-16(15-14(21)10-3-2-6-22-17(10)29-15)24-25-18(26)28-8-13(27)23-9-4-5-11(19)12(20)7-9/h2-7H,8,21H2,1H3,(H,23,27). The zero-order chi connectivity index (χ0) is 20.5. The normalized spacial score (nSPS) is 11.1. The maximum Gasteiger partial charge on any atom is 0.234 e. The molecule has 3 N–H and O–H groups in total. The van der Waals surface area contributed by atoms with Gasteiger partial charge in [0.25, 0.3) is 0 Å². The molecule has 29 heavy (non-hydrogen) atoms. The summed E-state index contributed by atoms with van der Waals surface area (Å²) < 4.78 is 1.82. The van der Waals surface area contributed by atoms with E-state index in [0.29, 0.717) is 32.4 Å². The molecule has 4 aromatic rings. The molecule has 0 radical (unpaired) electrons. The number of nitrogens with one attached hydrogen (secondary N) is 1. The lowest BCUT2D eigenvalue weighted by molar-refractivity contribution is -0.113. The molecule has 3 aromatic heterocycles. The first-order chi connectivity index (χ1) is 13.9. The van der Waals surface area contributed by atoms with E-state index in [0.717, 1.165) is 15.1 Å². The Hall–Kier alpha value is -2.33. The molecule has 0 aliphatic rings. The summed E-state index contributed by atoms with van der Waals surface area (Å²) in [6.45, 7) is 0. The van der Waals surface area contributed by atoms with Crippen LogP contribution in [0.1, 0.15) is 0 Å². The van der Waals surface area contributed by atoms with Crippen molar-refractivity contribution in [2.45, 2.75) is 5.16 Å². The predicted octanol–water partition coefficient (Wildman–Crippen LogP) is 4.71. The lowest BCUT2D eigenvalue weighted by Crippen LogP contribution is -2.14. The van der Waals surface area contributed by atoms with E-state index in [9.17, 15) is 4.79 Å². The number of anilines is 2.